The molecule has 2 nitrogen and oxygen atoms in total. The predicted molar refractivity (Wildman–Crippen MR) is 78.8 cm³/mol. The Bertz CT molecular complexity index is 339. The smallest absolute Gasteiger partial charge is 0.0368 e. The van der Waals surface area contributed by atoms with Gasteiger partial charge in [0.1, 0.15) is 0 Å². The zero-order chi connectivity index (χ0) is 12.8. The van der Waals surface area contributed by atoms with Crippen LogP contribution in [0.15, 0.2) is 24.3 Å². The summed E-state index contributed by atoms with van der Waals surface area (Å²) in [5.74, 6) is 0. The molecule has 0 atom stereocenters. The third-order valence-electron chi connectivity index (χ3n) is 3.98. The van der Waals surface area contributed by atoms with Crippen molar-refractivity contribution < 1.29 is 0 Å². The molecule has 1 fully saturated rings. The Morgan fingerprint density at radius 2 is 1.78 bits per heavy atom. The van der Waals surface area contributed by atoms with E-state index in [1.54, 1.807) is 0 Å². The molecule has 0 spiro atoms. The molecule has 0 amide bonds. The van der Waals surface area contributed by atoms with Gasteiger partial charge in [-0.15, -0.1) is 0 Å². The summed E-state index contributed by atoms with van der Waals surface area (Å²) in [6.07, 6.45) is 8.15. The first-order valence-corrected chi connectivity index (χ1v) is 7.40. The summed E-state index contributed by atoms with van der Waals surface area (Å²) in [5.41, 5.74) is 8.26. The summed E-state index contributed by atoms with van der Waals surface area (Å²) >= 11 is 0. The Balaban J connectivity index is 2.11. The maximum atomic E-state index is 5.66. The van der Waals surface area contributed by atoms with Crippen molar-refractivity contribution in [3.8, 4) is 0 Å². The first-order valence-electron chi connectivity index (χ1n) is 7.40. The van der Waals surface area contributed by atoms with Gasteiger partial charge in [-0.1, -0.05) is 38.3 Å². The van der Waals surface area contributed by atoms with Crippen LogP contribution in [0.2, 0.25) is 0 Å². The Kier molecular flexibility index (Phi) is 5.06. The Hall–Kier alpha value is -1.02. The molecule has 1 aromatic carbocycles. The molecule has 0 saturated heterocycles. The van der Waals surface area contributed by atoms with Crippen molar-refractivity contribution in [2.75, 3.05) is 11.4 Å². The fourth-order valence-corrected chi connectivity index (χ4v) is 2.98. The molecule has 1 aromatic rings. The number of hydrogen-bond acceptors (Lipinski definition) is 2. The van der Waals surface area contributed by atoms with Crippen LogP contribution in [-0.4, -0.2) is 12.6 Å². The molecule has 18 heavy (non-hydrogen) atoms. The van der Waals surface area contributed by atoms with Crippen molar-refractivity contribution >= 4 is 5.69 Å². The van der Waals surface area contributed by atoms with Crippen molar-refractivity contribution in [1.29, 1.82) is 0 Å². The van der Waals surface area contributed by atoms with Crippen molar-refractivity contribution in [2.45, 2.75) is 58.0 Å². The second-order valence-electron chi connectivity index (χ2n) is 5.36. The molecule has 2 heteroatoms. The summed E-state index contributed by atoms with van der Waals surface area (Å²) in [7, 11) is 0. The second-order valence-corrected chi connectivity index (χ2v) is 5.36. The zero-order valence-electron chi connectivity index (χ0n) is 11.6. The number of anilines is 1. The standard InChI is InChI=1S/C16H26N2/c1-2-12-18(15-6-4-3-5-7-15)16-10-8-14(13-17)9-11-16/h8-11,15H,2-7,12-13,17H2,1H3. The lowest BCUT2D eigenvalue weighted by Crippen LogP contribution is -2.37. The average molecular weight is 246 g/mol. The quantitative estimate of drug-likeness (QED) is 0.858. The molecule has 1 aliphatic carbocycles. The molecule has 100 valence electrons. The molecule has 0 radical (unpaired) electrons. The van der Waals surface area contributed by atoms with Crippen molar-refractivity contribution in [3.05, 3.63) is 29.8 Å². The molecule has 0 unspecified atom stereocenters. The zero-order valence-corrected chi connectivity index (χ0v) is 11.6. The molecule has 2 rings (SSSR count). The summed E-state index contributed by atoms with van der Waals surface area (Å²) < 4.78 is 0. The van der Waals surface area contributed by atoms with Gasteiger partial charge in [-0.25, -0.2) is 0 Å². The van der Waals surface area contributed by atoms with E-state index in [9.17, 15) is 0 Å². The van der Waals surface area contributed by atoms with E-state index in [1.807, 2.05) is 0 Å². The van der Waals surface area contributed by atoms with Gasteiger partial charge < -0.3 is 10.6 Å². The lowest BCUT2D eigenvalue weighted by molar-refractivity contribution is 0.414. The molecule has 0 aliphatic heterocycles. The highest BCUT2D eigenvalue weighted by Crippen LogP contribution is 2.27. The maximum Gasteiger partial charge on any atom is 0.0368 e. The fraction of sp³-hybridized carbons (Fsp3) is 0.625. The van der Waals surface area contributed by atoms with Gasteiger partial charge in [0.05, 0.1) is 0 Å². The van der Waals surface area contributed by atoms with Gasteiger partial charge in [0.2, 0.25) is 0 Å². The van der Waals surface area contributed by atoms with E-state index < -0.39 is 0 Å². The highest BCUT2D eigenvalue weighted by molar-refractivity contribution is 5.48. The number of benzene rings is 1. The highest BCUT2D eigenvalue weighted by atomic mass is 15.2. The van der Waals surface area contributed by atoms with E-state index in [2.05, 4.69) is 36.1 Å². The van der Waals surface area contributed by atoms with Gasteiger partial charge >= 0.3 is 0 Å². The average Bonchev–Trinajstić information content (AvgIpc) is 2.46. The first kappa shape index (κ1) is 13.4. The maximum absolute atomic E-state index is 5.66. The summed E-state index contributed by atoms with van der Waals surface area (Å²) in [6, 6.07) is 9.57. The topological polar surface area (TPSA) is 29.3 Å². The van der Waals surface area contributed by atoms with Crippen LogP contribution in [0.4, 0.5) is 5.69 Å². The van der Waals surface area contributed by atoms with Crippen LogP contribution in [0.5, 0.6) is 0 Å². The predicted octanol–water partition coefficient (Wildman–Crippen LogP) is 3.69. The molecule has 1 saturated carbocycles. The summed E-state index contributed by atoms with van der Waals surface area (Å²) in [6.45, 7) is 4.08. The number of nitrogens with zero attached hydrogens (tertiary/aromatic N) is 1. The highest BCUT2D eigenvalue weighted by Gasteiger charge is 2.20. The molecular weight excluding hydrogens is 220 g/mol. The minimum atomic E-state index is 0.636. The lowest BCUT2D eigenvalue weighted by atomic mass is 9.93. The molecule has 0 bridgehead atoms. The van der Waals surface area contributed by atoms with Crippen LogP contribution in [0.3, 0.4) is 0 Å². The molecular formula is C16H26N2. The monoisotopic (exact) mass is 246 g/mol. The summed E-state index contributed by atoms with van der Waals surface area (Å²) in [4.78, 5) is 2.61. The van der Waals surface area contributed by atoms with Crippen molar-refractivity contribution in [1.82, 2.24) is 0 Å². The van der Waals surface area contributed by atoms with Gasteiger partial charge in [-0.2, -0.15) is 0 Å². The number of rotatable bonds is 5. The van der Waals surface area contributed by atoms with Gasteiger partial charge in [0.15, 0.2) is 0 Å². The van der Waals surface area contributed by atoms with E-state index in [0.717, 1.165) is 6.04 Å². The van der Waals surface area contributed by atoms with Crippen LogP contribution >= 0.6 is 0 Å². The summed E-state index contributed by atoms with van der Waals surface area (Å²) in [5, 5.41) is 0. The molecule has 0 aromatic heterocycles. The number of nitrogens with two attached hydrogens (primary N) is 1. The van der Waals surface area contributed by atoms with Crippen LogP contribution in [-0.2, 0) is 6.54 Å². The van der Waals surface area contributed by atoms with Crippen LogP contribution in [0.25, 0.3) is 0 Å². The van der Waals surface area contributed by atoms with E-state index in [0.29, 0.717) is 6.54 Å². The third kappa shape index (κ3) is 3.26. The van der Waals surface area contributed by atoms with E-state index in [4.69, 9.17) is 5.73 Å². The van der Waals surface area contributed by atoms with Gasteiger partial charge in [0, 0.05) is 24.8 Å². The van der Waals surface area contributed by atoms with Crippen LogP contribution < -0.4 is 10.6 Å². The van der Waals surface area contributed by atoms with Gasteiger partial charge in [-0.3, -0.25) is 0 Å². The molecule has 1 aliphatic rings. The Morgan fingerprint density at radius 3 is 2.33 bits per heavy atom. The normalized spacial score (nSPS) is 16.8. The molecule has 0 heterocycles. The van der Waals surface area contributed by atoms with Crippen molar-refractivity contribution in [3.63, 3.8) is 0 Å². The SMILES string of the molecule is CCCN(c1ccc(CN)cc1)C1CCCCC1. The fourth-order valence-electron chi connectivity index (χ4n) is 2.98. The largest absolute Gasteiger partial charge is 0.369 e. The van der Waals surface area contributed by atoms with Crippen LogP contribution in [0.1, 0.15) is 51.0 Å². The first-order chi connectivity index (χ1) is 8.85. The minimum Gasteiger partial charge on any atom is -0.369 e. The van der Waals surface area contributed by atoms with Gasteiger partial charge in [0.25, 0.3) is 0 Å². The van der Waals surface area contributed by atoms with Crippen molar-refractivity contribution in [2.24, 2.45) is 5.73 Å². The van der Waals surface area contributed by atoms with E-state index in [1.165, 1.54) is 56.3 Å². The van der Waals surface area contributed by atoms with E-state index in [-0.39, 0.29) is 0 Å². The van der Waals surface area contributed by atoms with E-state index >= 15 is 0 Å². The Morgan fingerprint density at radius 1 is 1.11 bits per heavy atom. The molecule has 2 N–H and O–H groups in total. The third-order valence-corrected chi connectivity index (χ3v) is 3.98. The minimum absolute atomic E-state index is 0.636. The Labute approximate surface area is 111 Å². The second kappa shape index (κ2) is 6.79. The van der Waals surface area contributed by atoms with Crippen LogP contribution in [0, 0.1) is 0 Å². The van der Waals surface area contributed by atoms with Gasteiger partial charge in [-0.05, 0) is 37.0 Å². The number of hydrogen-bond donors (Lipinski definition) is 1. The lowest BCUT2D eigenvalue weighted by Gasteiger charge is -2.36.